The summed E-state index contributed by atoms with van der Waals surface area (Å²) in [5.74, 6) is 2.22. The zero-order valence-corrected chi connectivity index (χ0v) is 37.3. The van der Waals surface area contributed by atoms with Crippen LogP contribution in [-0.2, 0) is 30.2 Å². The fourth-order valence-electron chi connectivity index (χ4n) is 7.14. The van der Waals surface area contributed by atoms with E-state index in [2.05, 4.69) is 75.7 Å². The van der Waals surface area contributed by atoms with E-state index < -0.39 is 0 Å². The molecule has 10 nitrogen and oxygen atoms in total. The first-order valence-corrected chi connectivity index (χ1v) is 20.1. The quantitative estimate of drug-likeness (QED) is 0.155. The van der Waals surface area contributed by atoms with Gasteiger partial charge in [0, 0.05) is 69.1 Å². The van der Waals surface area contributed by atoms with E-state index in [1.807, 2.05) is 39.0 Å². The number of carbonyl (C=O) groups excluding carboxylic acids is 2. The van der Waals surface area contributed by atoms with Gasteiger partial charge in [0.2, 0.25) is 5.91 Å². The Morgan fingerprint density at radius 2 is 1.46 bits per heavy atom. The Morgan fingerprint density at radius 3 is 2.00 bits per heavy atom. The number of ether oxygens (including phenoxy) is 5. The maximum atomic E-state index is 13.5. The highest BCUT2D eigenvalue weighted by atomic mass is 35.5. The number of hydrogen-bond acceptors (Lipinski definition) is 8. The molecule has 0 unspecified atom stereocenters. The second kappa shape index (κ2) is 29.4. The lowest BCUT2D eigenvalue weighted by Gasteiger charge is -2.38. The van der Waals surface area contributed by atoms with Gasteiger partial charge in [0.1, 0.15) is 5.75 Å². The lowest BCUT2D eigenvalue weighted by molar-refractivity contribution is -0.186. The molecule has 0 radical (unpaired) electrons. The number of nitrogens with one attached hydrogen (secondary N) is 2. The molecule has 5 rings (SSSR count). The van der Waals surface area contributed by atoms with Gasteiger partial charge >= 0.3 is 0 Å². The summed E-state index contributed by atoms with van der Waals surface area (Å²) in [7, 11) is 6.56. The summed E-state index contributed by atoms with van der Waals surface area (Å²) < 4.78 is 27.9. The zero-order valence-electron chi connectivity index (χ0n) is 36.5. The van der Waals surface area contributed by atoms with Gasteiger partial charge < -0.3 is 34.3 Å². The van der Waals surface area contributed by atoms with Crippen LogP contribution in [0.2, 0.25) is 5.02 Å². The monoisotopic (exact) mass is 811 g/mol. The second-order valence-corrected chi connectivity index (χ2v) is 14.4. The molecule has 57 heavy (non-hydrogen) atoms. The average molecular weight is 813 g/mol. The van der Waals surface area contributed by atoms with Crippen molar-refractivity contribution < 1.29 is 33.3 Å². The van der Waals surface area contributed by atoms with Crippen molar-refractivity contribution in [2.45, 2.75) is 106 Å². The number of halogens is 1. The molecule has 2 N–H and O–H groups in total. The van der Waals surface area contributed by atoms with Crippen LogP contribution in [-0.4, -0.2) is 89.1 Å². The lowest BCUT2D eigenvalue weighted by Crippen LogP contribution is -2.44. The van der Waals surface area contributed by atoms with Crippen LogP contribution in [0.1, 0.15) is 89.3 Å². The second-order valence-electron chi connectivity index (χ2n) is 14.0. The summed E-state index contributed by atoms with van der Waals surface area (Å²) in [5.41, 5.74) is 2.80. The molecule has 3 aromatic rings. The topological polar surface area (TPSA) is 109 Å². The average Bonchev–Trinajstić information content (AvgIpc) is 3.47. The van der Waals surface area contributed by atoms with Crippen molar-refractivity contribution in [2.75, 3.05) is 48.1 Å². The van der Waals surface area contributed by atoms with Crippen LogP contribution in [0.3, 0.4) is 0 Å². The number of rotatable bonds is 10. The van der Waals surface area contributed by atoms with Gasteiger partial charge in [-0.3, -0.25) is 14.2 Å². The first kappa shape index (κ1) is 53.1. The van der Waals surface area contributed by atoms with E-state index in [0.29, 0.717) is 53.5 Å². The van der Waals surface area contributed by atoms with Gasteiger partial charge in [-0.1, -0.05) is 39.3 Å². The Balaban J connectivity index is 0.00000138. The van der Waals surface area contributed by atoms with Crippen molar-refractivity contribution in [1.29, 1.82) is 0 Å². The molecule has 2 aromatic carbocycles. The predicted octanol–water partition coefficient (Wildman–Crippen LogP) is 8.58. The van der Waals surface area contributed by atoms with Gasteiger partial charge in [0.05, 0.1) is 37.4 Å². The number of fused-ring (bicyclic) bond motifs is 1. The van der Waals surface area contributed by atoms with Gasteiger partial charge in [-0.25, -0.2) is 0 Å². The molecule has 0 saturated carbocycles. The van der Waals surface area contributed by atoms with Crippen molar-refractivity contribution in [3.8, 4) is 31.4 Å². The molecule has 0 spiro atoms. The van der Waals surface area contributed by atoms with Crippen molar-refractivity contribution in [3.05, 3.63) is 64.3 Å². The Morgan fingerprint density at radius 1 is 0.860 bits per heavy atom. The van der Waals surface area contributed by atoms with Gasteiger partial charge in [-0.2, -0.15) is 0 Å². The molecule has 1 amide bonds. The van der Waals surface area contributed by atoms with Crippen LogP contribution in [0.15, 0.2) is 42.5 Å². The maximum absolute atomic E-state index is 13.5. The van der Waals surface area contributed by atoms with E-state index >= 15 is 0 Å². The molecule has 318 valence electrons. The number of benzene rings is 2. The number of nitrogens with zero attached hydrogens (tertiary/aromatic N) is 1. The Bertz CT molecular complexity index is 1590. The van der Waals surface area contributed by atoms with Crippen molar-refractivity contribution in [2.24, 2.45) is 17.8 Å². The van der Waals surface area contributed by atoms with Crippen molar-refractivity contribution in [3.63, 3.8) is 0 Å². The highest BCUT2D eigenvalue weighted by molar-refractivity contribution is 6.30. The molecular formula is C46H70ClN3O7. The fraction of sp³-hybridized carbons (Fsp3) is 0.565. The molecule has 7 atom stereocenters. The van der Waals surface area contributed by atoms with Gasteiger partial charge in [-0.15, -0.1) is 25.7 Å². The maximum Gasteiger partial charge on any atom is 0.262 e. The summed E-state index contributed by atoms with van der Waals surface area (Å²) in [6.07, 6.45) is 20.4. The predicted molar refractivity (Wildman–Crippen MR) is 235 cm³/mol. The molecule has 2 aliphatic rings. The van der Waals surface area contributed by atoms with E-state index in [-0.39, 0.29) is 30.6 Å². The van der Waals surface area contributed by atoms with Gasteiger partial charge in [-0.05, 0) is 106 Å². The summed E-state index contributed by atoms with van der Waals surface area (Å²) in [5, 5.41) is 7.89. The number of aromatic nitrogens is 1. The number of amides is 1. The van der Waals surface area contributed by atoms with Crippen molar-refractivity contribution in [1.82, 2.24) is 15.2 Å². The molecular weight excluding hydrogens is 742 g/mol. The summed E-state index contributed by atoms with van der Waals surface area (Å²) in [6, 6.07) is 12.4. The number of carbonyl (C=O) groups is 2. The van der Waals surface area contributed by atoms with E-state index in [0.717, 1.165) is 47.5 Å². The molecule has 2 fully saturated rings. The molecule has 1 aromatic heterocycles. The third-order valence-electron chi connectivity index (χ3n) is 9.64. The van der Waals surface area contributed by atoms with Crippen LogP contribution in [0, 0.1) is 50.4 Å². The van der Waals surface area contributed by atoms with E-state index in [1.54, 1.807) is 57.3 Å². The lowest BCUT2D eigenvalue weighted by atomic mass is 9.83. The zero-order chi connectivity index (χ0) is 43.7. The Labute approximate surface area is 349 Å². The molecule has 3 heterocycles. The third kappa shape index (κ3) is 17.3. The first-order valence-electron chi connectivity index (χ1n) is 19.7. The third-order valence-corrected chi connectivity index (χ3v) is 9.89. The van der Waals surface area contributed by atoms with E-state index in [1.165, 1.54) is 6.42 Å². The SMILES string of the molecule is C#C.C#C.CC.COC.CO[C@H]1C[C@@H](C)C[C@@H](C)O1.COc1ccc2c(c1)c(CC(=O)NCCNC[C@@H]1[C@H](C)O[C@H](C)C[C@@H]1C)c(C)n2C(=O)c1ccc(Cl)cc1. The van der Waals surface area contributed by atoms with Crippen LogP contribution in [0.4, 0.5) is 0 Å². The summed E-state index contributed by atoms with van der Waals surface area (Å²) in [6.45, 7) is 18.9. The normalized spacial score (nSPS) is 22.1. The first-order chi connectivity index (χ1) is 27.3. The van der Waals surface area contributed by atoms with Crippen LogP contribution < -0.4 is 15.4 Å². The fourth-order valence-corrected chi connectivity index (χ4v) is 7.27. The molecule has 0 aliphatic carbocycles. The summed E-state index contributed by atoms with van der Waals surface area (Å²) >= 11 is 6.02. The van der Waals surface area contributed by atoms with Crippen LogP contribution in [0.25, 0.3) is 10.9 Å². The number of methoxy groups -OCH3 is 3. The summed E-state index contributed by atoms with van der Waals surface area (Å²) in [4.78, 5) is 26.4. The van der Waals surface area contributed by atoms with E-state index in [4.69, 9.17) is 30.5 Å². The highest BCUT2D eigenvalue weighted by Gasteiger charge is 2.31. The Hall–Kier alpha value is -3.87. The molecule has 2 aliphatic heterocycles. The Kier molecular flexibility index (Phi) is 27.4. The highest BCUT2D eigenvalue weighted by Crippen LogP contribution is 2.32. The number of terminal acetylenes is 2. The number of hydrogen-bond donors (Lipinski definition) is 2. The van der Waals surface area contributed by atoms with Gasteiger partial charge in [0.15, 0.2) is 6.29 Å². The molecule has 0 bridgehead atoms. The minimum Gasteiger partial charge on any atom is -0.497 e. The van der Waals surface area contributed by atoms with Crippen LogP contribution in [0.5, 0.6) is 5.75 Å². The minimum atomic E-state index is -0.172. The van der Waals surface area contributed by atoms with Crippen molar-refractivity contribution >= 4 is 34.3 Å². The molecule has 11 heteroatoms. The van der Waals surface area contributed by atoms with Gasteiger partial charge in [0.25, 0.3) is 5.91 Å². The minimum absolute atomic E-state index is 0.0405. The smallest absolute Gasteiger partial charge is 0.262 e. The molecule has 2 saturated heterocycles. The van der Waals surface area contributed by atoms with Crippen LogP contribution >= 0.6 is 11.6 Å². The van der Waals surface area contributed by atoms with E-state index in [9.17, 15) is 9.59 Å². The standard InChI is InChI=1S/C30H38ClN3O4.C8H16O2.C2H6O.C2H6.2C2H2/c1-18-14-19(2)38-21(4)27(18)17-32-12-13-33-29(35)16-25-20(3)34(28-11-10-24(37-5)15-26(25)28)30(36)22-6-8-23(31)9-7-22;1-6-4-7(2)10-8(5-6)9-3;1-3-2;3*1-2/h6-11,15,18-19,21,27,32H,12-14,16-17H2,1-5H3,(H,33,35);6-8H,4-5H2,1-3H3;1-2H3;1-2H3;2*1-2H/t18-,19+,21-,27-;6-,7+,8+;;;;/m00..../s1. The largest absolute Gasteiger partial charge is 0.497 e.